The van der Waals surface area contributed by atoms with Crippen molar-refractivity contribution in [3.05, 3.63) is 24.5 Å². The largest absolute Gasteiger partial charge is 0.356 e. The maximum Gasteiger partial charge on any atom is 0.203 e. The van der Waals surface area contributed by atoms with Gasteiger partial charge in [-0.3, -0.25) is 0 Å². The highest BCUT2D eigenvalue weighted by molar-refractivity contribution is 5.29. The molecule has 3 heteroatoms. The molecule has 0 bridgehead atoms. The molecular weight excluding hydrogens is 234 g/mol. The zero-order valence-electron chi connectivity index (χ0n) is 12.4. The number of anilines is 1. The van der Waals surface area contributed by atoms with Gasteiger partial charge in [0.25, 0.3) is 0 Å². The van der Waals surface area contributed by atoms with Crippen LogP contribution in [0.5, 0.6) is 0 Å². The topological polar surface area (TPSA) is 29.9 Å². The van der Waals surface area contributed by atoms with E-state index >= 15 is 0 Å². The third-order valence-electron chi connectivity index (χ3n) is 4.10. The molecule has 0 aliphatic heterocycles. The zero-order valence-corrected chi connectivity index (χ0v) is 12.4. The first-order valence-corrected chi connectivity index (χ1v) is 7.57. The zero-order chi connectivity index (χ0) is 13.7. The normalized spacial score (nSPS) is 23.3. The standard InChI is InChI=1S/C16H27N3/c1-4-10-19-12-14(3)18-16(19)17-9-8-15-7-5-6-13(2)11-15/h4,12-13,15H,1,5-11H2,2-3H3,(H,17,18). The van der Waals surface area contributed by atoms with E-state index in [1.54, 1.807) is 0 Å². The van der Waals surface area contributed by atoms with Gasteiger partial charge in [-0.1, -0.05) is 32.3 Å². The molecule has 1 heterocycles. The van der Waals surface area contributed by atoms with Gasteiger partial charge in [0.05, 0.1) is 5.69 Å². The van der Waals surface area contributed by atoms with Gasteiger partial charge in [-0.05, 0) is 31.6 Å². The van der Waals surface area contributed by atoms with Crippen molar-refractivity contribution in [3.8, 4) is 0 Å². The van der Waals surface area contributed by atoms with Crippen LogP contribution in [-0.2, 0) is 6.54 Å². The number of hydrogen-bond donors (Lipinski definition) is 1. The highest BCUT2D eigenvalue weighted by atomic mass is 15.2. The van der Waals surface area contributed by atoms with E-state index in [4.69, 9.17) is 0 Å². The van der Waals surface area contributed by atoms with Gasteiger partial charge in [-0.2, -0.15) is 0 Å². The van der Waals surface area contributed by atoms with Crippen molar-refractivity contribution in [2.75, 3.05) is 11.9 Å². The second-order valence-electron chi connectivity index (χ2n) is 6.00. The first-order chi connectivity index (χ1) is 9.19. The van der Waals surface area contributed by atoms with Crippen LogP contribution >= 0.6 is 0 Å². The lowest BCUT2D eigenvalue weighted by Gasteiger charge is -2.26. The number of allylic oxidation sites excluding steroid dienone is 1. The molecule has 19 heavy (non-hydrogen) atoms. The highest BCUT2D eigenvalue weighted by Gasteiger charge is 2.18. The van der Waals surface area contributed by atoms with Crippen molar-refractivity contribution in [3.63, 3.8) is 0 Å². The van der Waals surface area contributed by atoms with E-state index in [0.29, 0.717) is 0 Å². The summed E-state index contributed by atoms with van der Waals surface area (Å²) in [5, 5.41) is 3.49. The number of nitrogens with zero attached hydrogens (tertiary/aromatic N) is 2. The molecule has 3 nitrogen and oxygen atoms in total. The summed E-state index contributed by atoms with van der Waals surface area (Å²) in [5.41, 5.74) is 1.07. The second kappa shape index (κ2) is 6.78. The average molecular weight is 261 g/mol. The molecule has 1 aliphatic rings. The van der Waals surface area contributed by atoms with E-state index in [2.05, 4.69) is 34.6 Å². The first-order valence-electron chi connectivity index (χ1n) is 7.57. The summed E-state index contributed by atoms with van der Waals surface area (Å²) in [5.74, 6) is 2.81. The van der Waals surface area contributed by atoms with Gasteiger partial charge in [-0.25, -0.2) is 4.98 Å². The van der Waals surface area contributed by atoms with Crippen LogP contribution in [0.15, 0.2) is 18.9 Å². The summed E-state index contributed by atoms with van der Waals surface area (Å²) in [6.45, 7) is 10.1. The van der Waals surface area contributed by atoms with E-state index in [0.717, 1.165) is 36.6 Å². The Kier molecular flexibility index (Phi) is 5.06. The Morgan fingerprint density at radius 1 is 1.53 bits per heavy atom. The summed E-state index contributed by atoms with van der Waals surface area (Å²) >= 11 is 0. The Morgan fingerprint density at radius 2 is 2.37 bits per heavy atom. The van der Waals surface area contributed by atoms with Gasteiger partial charge in [-0.15, -0.1) is 6.58 Å². The van der Waals surface area contributed by atoms with Gasteiger partial charge < -0.3 is 9.88 Å². The van der Waals surface area contributed by atoms with Crippen LogP contribution in [0.4, 0.5) is 5.95 Å². The van der Waals surface area contributed by atoms with Gasteiger partial charge in [0.15, 0.2) is 0 Å². The molecule has 0 radical (unpaired) electrons. The Hall–Kier alpha value is -1.25. The fourth-order valence-electron chi connectivity index (χ4n) is 3.18. The Morgan fingerprint density at radius 3 is 3.11 bits per heavy atom. The van der Waals surface area contributed by atoms with Crippen molar-refractivity contribution in [2.45, 2.75) is 52.5 Å². The molecule has 1 aromatic heterocycles. The fraction of sp³-hybridized carbons (Fsp3) is 0.688. The lowest BCUT2D eigenvalue weighted by molar-refractivity contribution is 0.274. The summed E-state index contributed by atoms with van der Waals surface area (Å²) in [7, 11) is 0. The Bertz CT molecular complexity index is 408. The summed E-state index contributed by atoms with van der Waals surface area (Å²) < 4.78 is 2.13. The van der Waals surface area contributed by atoms with E-state index < -0.39 is 0 Å². The van der Waals surface area contributed by atoms with E-state index in [1.165, 1.54) is 32.1 Å². The maximum absolute atomic E-state index is 4.53. The molecule has 1 saturated carbocycles. The number of aryl methyl sites for hydroxylation is 1. The Balaban J connectivity index is 1.80. The minimum Gasteiger partial charge on any atom is -0.356 e. The highest BCUT2D eigenvalue weighted by Crippen LogP contribution is 2.30. The van der Waals surface area contributed by atoms with Gasteiger partial charge in [0, 0.05) is 19.3 Å². The number of rotatable bonds is 6. The minimum absolute atomic E-state index is 0.823. The molecule has 2 rings (SSSR count). The van der Waals surface area contributed by atoms with Gasteiger partial charge in [0.2, 0.25) is 5.95 Å². The third kappa shape index (κ3) is 4.12. The minimum atomic E-state index is 0.823. The van der Waals surface area contributed by atoms with Crippen LogP contribution in [0, 0.1) is 18.8 Å². The molecular formula is C16H27N3. The molecule has 1 fully saturated rings. The maximum atomic E-state index is 4.53. The monoisotopic (exact) mass is 261 g/mol. The van der Waals surface area contributed by atoms with Crippen LogP contribution < -0.4 is 5.32 Å². The number of hydrogen-bond acceptors (Lipinski definition) is 2. The van der Waals surface area contributed by atoms with Crippen LogP contribution in [0.25, 0.3) is 0 Å². The van der Waals surface area contributed by atoms with Crippen LogP contribution in [0.1, 0.15) is 44.7 Å². The summed E-state index contributed by atoms with van der Waals surface area (Å²) in [4.78, 5) is 4.53. The van der Waals surface area contributed by atoms with Gasteiger partial charge in [0.1, 0.15) is 0 Å². The molecule has 0 amide bonds. The number of aromatic nitrogens is 2. The molecule has 106 valence electrons. The van der Waals surface area contributed by atoms with E-state index in [1.807, 2.05) is 13.0 Å². The Labute approximate surface area is 117 Å². The lowest BCUT2D eigenvalue weighted by Crippen LogP contribution is -2.17. The average Bonchev–Trinajstić information content (AvgIpc) is 2.70. The molecule has 0 saturated heterocycles. The quantitative estimate of drug-likeness (QED) is 0.784. The molecule has 1 N–H and O–H groups in total. The molecule has 2 atom stereocenters. The number of nitrogens with one attached hydrogen (secondary N) is 1. The predicted molar refractivity (Wildman–Crippen MR) is 81.4 cm³/mol. The van der Waals surface area contributed by atoms with Crippen molar-refractivity contribution in [1.82, 2.24) is 9.55 Å². The molecule has 0 aromatic carbocycles. The predicted octanol–water partition coefficient (Wildman–Crippen LogP) is 4.01. The lowest BCUT2D eigenvalue weighted by atomic mass is 9.81. The van der Waals surface area contributed by atoms with Crippen molar-refractivity contribution in [1.29, 1.82) is 0 Å². The SMILES string of the molecule is C=CCn1cc(C)nc1NCCC1CCCC(C)C1. The second-order valence-corrected chi connectivity index (χ2v) is 6.00. The summed E-state index contributed by atoms with van der Waals surface area (Å²) in [6, 6.07) is 0. The first kappa shape index (κ1) is 14.2. The van der Waals surface area contributed by atoms with Crippen LogP contribution in [0.2, 0.25) is 0 Å². The van der Waals surface area contributed by atoms with E-state index in [9.17, 15) is 0 Å². The molecule has 1 aromatic rings. The van der Waals surface area contributed by atoms with Crippen LogP contribution in [-0.4, -0.2) is 16.1 Å². The third-order valence-corrected chi connectivity index (χ3v) is 4.10. The molecule has 0 spiro atoms. The number of imidazole rings is 1. The molecule has 2 unspecified atom stereocenters. The smallest absolute Gasteiger partial charge is 0.203 e. The van der Waals surface area contributed by atoms with Crippen LogP contribution in [0.3, 0.4) is 0 Å². The fourth-order valence-corrected chi connectivity index (χ4v) is 3.18. The molecule has 1 aliphatic carbocycles. The van der Waals surface area contributed by atoms with Gasteiger partial charge >= 0.3 is 0 Å². The summed E-state index contributed by atoms with van der Waals surface area (Å²) in [6.07, 6.45) is 10.9. The van der Waals surface area contributed by atoms with E-state index in [-0.39, 0.29) is 0 Å². The van der Waals surface area contributed by atoms with Crippen molar-refractivity contribution in [2.24, 2.45) is 11.8 Å². The van der Waals surface area contributed by atoms with Crippen molar-refractivity contribution < 1.29 is 0 Å². The van der Waals surface area contributed by atoms with Crippen molar-refractivity contribution >= 4 is 5.95 Å².